The van der Waals surface area contributed by atoms with Gasteiger partial charge in [-0.15, -0.1) is 0 Å². The second kappa shape index (κ2) is 5.25. The number of hydrogen-bond acceptors (Lipinski definition) is 2. The predicted octanol–water partition coefficient (Wildman–Crippen LogP) is 2.67. The predicted molar refractivity (Wildman–Crippen MR) is 83.1 cm³/mol. The van der Waals surface area contributed by atoms with E-state index in [1.54, 1.807) is 11.6 Å². The number of benzene rings is 1. The van der Waals surface area contributed by atoms with Crippen molar-refractivity contribution in [1.29, 1.82) is 0 Å². The first-order valence-electron chi connectivity index (χ1n) is 6.82. The highest BCUT2D eigenvalue weighted by Crippen LogP contribution is 2.23. The molecule has 0 bridgehead atoms. The summed E-state index contributed by atoms with van der Waals surface area (Å²) in [4.78, 5) is 12.5. The number of rotatable bonds is 2. The van der Waals surface area contributed by atoms with E-state index in [4.69, 9.17) is 5.73 Å². The SMILES string of the molecule is Cc1ccc(C(N)c2c(C)cc(C)n(C)c2=O)c(C)c1. The summed E-state index contributed by atoms with van der Waals surface area (Å²) in [7, 11) is 1.79. The van der Waals surface area contributed by atoms with Crippen LogP contribution < -0.4 is 11.3 Å². The van der Waals surface area contributed by atoms with E-state index >= 15 is 0 Å². The van der Waals surface area contributed by atoms with Crippen molar-refractivity contribution in [3.63, 3.8) is 0 Å². The fourth-order valence-electron chi connectivity index (χ4n) is 2.71. The number of aryl methyl sites for hydroxylation is 4. The first-order valence-corrected chi connectivity index (χ1v) is 6.82. The molecule has 0 aliphatic heterocycles. The number of aromatic nitrogens is 1. The van der Waals surface area contributed by atoms with Gasteiger partial charge in [0.25, 0.3) is 5.56 Å². The Kier molecular flexibility index (Phi) is 3.82. The molecule has 0 spiro atoms. The van der Waals surface area contributed by atoms with Crippen molar-refractivity contribution in [2.45, 2.75) is 33.7 Å². The van der Waals surface area contributed by atoms with E-state index in [1.165, 1.54) is 5.56 Å². The second-order valence-corrected chi connectivity index (χ2v) is 5.58. The fourth-order valence-corrected chi connectivity index (χ4v) is 2.71. The van der Waals surface area contributed by atoms with E-state index in [1.807, 2.05) is 39.0 Å². The molecule has 20 heavy (non-hydrogen) atoms. The molecule has 0 fully saturated rings. The molecule has 3 heteroatoms. The van der Waals surface area contributed by atoms with Crippen LogP contribution in [-0.4, -0.2) is 4.57 Å². The largest absolute Gasteiger partial charge is 0.320 e. The maximum Gasteiger partial charge on any atom is 0.255 e. The lowest BCUT2D eigenvalue weighted by atomic mass is 9.92. The van der Waals surface area contributed by atoms with Crippen molar-refractivity contribution < 1.29 is 0 Å². The summed E-state index contributed by atoms with van der Waals surface area (Å²) in [5.74, 6) is 0. The van der Waals surface area contributed by atoms with Gasteiger partial charge in [0.05, 0.1) is 6.04 Å². The van der Waals surface area contributed by atoms with Crippen molar-refractivity contribution in [3.05, 3.63) is 68.1 Å². The molecule has 3 nitrogen and oxygen atoms in total. The standard InChI is InChI=1S/C17H22N2O/c1-10-6-7-14(11(2)8-10)16(18)15-12(3)9-13(4)19(5)17(15)20/h6-9,16H,18H2,1-5H3. The van der Waals surface area contributed by atoms with Gasteiger partial charge in [0.1, 0.15) is 0 Å². The molecule has 2 aromatic rings. The van der Waals surface area contributed by atoms with Crippen LogP contribution in [-0.2, 0) is 7.05 Å². The molecule has 1 heterocycles. The molecular weight excluding hydrogens is 248 g/mol. The molecule has 0 saturated heterocycles. The van der Waals surface area contributed by atoms with Gasteiger partial charge in [-0.25, -0.2) is 0 Å². The monoisotopic (exact) mass is 270 g/mol. The zero-order chi connectivity index (χ0) is 15.0. The Labute approximate surface area is 120 Å². The summed E-state index contributed by atoms with van der Waals surface area (Å²) in [5.41, 5.74) is 12.3. The van der Waals surface area contributed by atoms with Gasteiger partial charge in [-0.1, -0.05) is 23.8 Å². The summed E-state index contributed by atoms with van der Waals surface area (Å²) in [6, 6.07) is 7.79. The highest BCUT2D eigenvalue weighted by Gasteiger charge is 2.18. The molecule has 2 rings (SSSR count). The maximum atomic E-state index is 12.5. The summed E-state index contributed by atoms with van der Waals surface area (Å²) in [5, 5.41) is 0. The van der Waals surface area contributed by atoms with Crippen molar-refractivity contribution >= 4 is 0 Å². The van der Waals surface area contributed by atoms with Crippen LogP contribution in [0.25, 0.3) is 0 Å². The highest BCUT2D eigenvalue weighted by atomic mass is 16.1. The van der Waals surface area contributed by atoms with Gasteiger partial charge in [0, 0.05) is 18.3 Å². The Bertz CT molecular complexity index is 714. The molecule has 0 amide bonds. The van der Waals surface area contributed by atoms with Gasteiger partial charge in [0.2, 0.25) is 0 Å². The van der Waals surface area contributed by atoms with Crippen LogP contribution in [0.3, 0.4) is 0 Å². The Morgan fingerprint density at radius 3 is 2.30 bits per heavy atom. The van der Waals surface area contributed by atoms with Crippen molar-refractivity contribution in [2.24, 2.45) is 12.8 Å². The second-order valence-electron chi connectivity index (χ2n) is 5.58. The van der Waals surface area contributed by atoms with E-state index in [0.717, 1.165) is 22.4 Å². The molecule has 0 saturated carbocycles. The van der Waals surface area contributed by atoms with Crippen LogP contribution in [0.15, 0.2) is 29.1 Å². The van der Waals surface area contributed by atoms with Crippen LogP contribution in [0, 0.1) is 27.7 Å². The molecule has 0 aliphatic rings. The van der Waals surface area contributed by atoms with Gasteiger partial charge in [-0.2, -0.15) is 0 Å². The summed E-state index contributed by atoms with van der Waals surface area (Å²) < 4.78 is 1.66. The van der Waals surface area contributed by atoms with Crippen LogP contribution >= 0.6 is 0 Å². The van der Waals surface area contributed by atoms with Crippen molar-refractivity contribution in [1.82, 2.24) is 4.57 Å². The highest BCUT2D eigenvalue weighted by molar-refractivity contribution is 5.41. The van der Waals surface area contributed by atoms with Gasteiger partial charge >= 0.3 is 0 Å². The van der Waals surface area contributed by atoms with E-state index in [2.05, 4.69) is 13.0 Å². The van der Waals surface area contributed by atoms with Crippen LogP contribution in [0.2, 0.25) is 0 Å². The molecule has 1 unspecified atom stereocenters. The summed E-state index contributed by atoms with van der Waals surface area (Å²) in [6.07, 6.45) is 0. The number of nitrogens with two attached hydrogens (primary N) is 1. The Morgan fingerprint density at radius 1 is 1.05 bits per heavy atom. The molecule has 1 aromatic heterocycles. The smallest absolute Gasteiger partial charge is 0.255 e. The molecular formula is C17H22N2O. The zero-order valence-electron chi connectivity index (χ0n) is 12.8. The molecule has 2 N–H and O–H groups in total. The summed E-state index contributed by atoms with van der Waals surface area (Å²) >= 11 is 0. The Hall–Kier alpha value is -1.87. The number of nitrogens with zero attached hydrogens (tertiary/aromatic N) is 1. The first-order chi connectivity index (χ1) is 9.32. The van der Waals surface area contributed by atoms with Crippen molar-refractivity contribution in [3.8, 4) is 0 Å². The summed E-state index contributed by atoms with van der Waals surface area (Å²) in [6.45, 7) is 7.97. The minimum absolute atomic E-state index is 0.00465. The third-order valence-electron chi connectivity index (χ3n) is 3.99. The van der Waals surface area contributed by atoms with E-state index in [-0.39, 0.29) is 11.6 Å². The quantitative estimate of drug-likeness (QED) is 0.912. The lowest BCUT2D eigenvalue weighted by Gasteiger charge is -2.19. The number of pyridine rings is 1. The fraction of sp³-hybridized carbons (Fsp3) is 0.353. The topological polar surface area (TPSA) is 48.0 Å². The normalized spacial score (nSPS) is 12.5. The maximum absolute atomic E-state index is 12.5. The van der Waals surface area contributed by atoms with Gasteiger partial charge in [-0.3, -0.25) is 4.79 Å². The number of hydrogen-bond donors (Lipinski definition) is 1. The molecule has 0 radical (unpaired) electrons. The van der Waals surface area contributed by atoms with Gasteiger partial charge in [-0.05, 0) is 50.5 Å². The molecule has 1 aromatic carbocycles. The lowest BCUT2D eigenvalue weighted by molar-refractivity contribution is 0.751. The lowest BCUT2D eigenvalue weighted by Crippen LogP contribution is -2.30. The first kappa shape index (κ1) is 14.5. The molecule has 1 atom stereocenters. The van der Waals surface area contributed by atoms with Crippen LogP contribution in [0.1, 0.15) is 39.6 Å². The van der Waals surface area contributed by atoms with E-state index in [0.29, 0.717) is 5.56 Å². The van der Waals surface area contributed by atoms with Crippen molar-refractivity contribution in [2.75, 3.05) is 0 Å². The average Bonchev–Trinajstić information content (AvgIpc) is 2.36. The van der Waals surface area contributed by atoms with Gasteiger partial charge in [0.15, 0.2) is 0 Å². The third-order valence-corrected chi connectivity index (χ3v) is 3.99. The van der Waals surface area contributed by atoms with Crippen LogP contribution in [0.4, 0.5) is 0 Å². The van der Waals surface area contributed by atoms with E-state index in [9.17, 15) is 4.79 Å². The molecule has 0 aliphatic carbocycles. The van der Waals surface area contributed by atoms with Crippen LogP contribution in [0.5, 0.6) is 0 Å². The zero-order valence-corrected chi connectivity index (χ0v) is 12.8. The molecule has 106 valence electrons. The Balaban J connectivity index is 2.62. The third kappa shape index (κ3) is 2.41. The van der Waals surface area contributed by atoms with Gasteiger partial charge < -0.3 is 10.3 Å². The minimum Gasteiger partial charge on any atom is -0.320 e. The minimum atomic E-state index is -0.380. The van der Waals surface area contributed by atoms with E-state index < -0.39 is 0 Å². The average molecular weight is 270 g/mol. The Morgan fingerprint density at radius 2 is 1.70 bits per heavy atom.